The van der Waals surface area contributed by atoms with Gasteiger partial charge in [-0.2, -0.15) is 0 Å². The van der Waals surface area contributed by atoms with E-state index in [0.717, 1.165) is 0 Å². The summed E-state index contributed by atoms with van der Waals surface area (Å²) in [6.45, 7) is -0.641. The van der Waals surface area contributed by atoms with Gasteiger partial charge in [-0.3, -0.25) is 0 Å². The molecule has 0 spiro atoms. The molecule has 0 aromatic heterocycles. The number of halogens is 3. The number of rotatable bonds is 2. The minimum atomic E-state index is -0.665. The van der Waals surface area contributed by atoms with Gasteiger partial charge in [-0.1, -0.05) is 6.07 Å². The van der Waals surface area contributed by atoms with Crippen LogP contribution in [0.3, 0.4) is 0 Å². The highest BCUT2D eigenvalue weighted by atomic mass is 79.9. The van der Waals surface area contributed by atoms with Crippen LogP contribution in [-0.2, 0) is 0 Å². The number of hydrogen-bond donors (Lipinski definition) is 1. The molecule has 0 aliphatic rings. The van der Waals surface area contributed by atoms with Gasteiger partial charge in [-0.25, -0.2) is 8.78 Å². The Morgan fingerprint density at radius 1 is 1.50 bits per heavy atom. The standard InChI is InChI=1S/C8H8BrF2N/c9-6-3-5(8(12)4-10)1-2-7(6)11/h1-3,8H,4,12H2. The van der Waals surface area contributed by atoms with Gasteiger partial charge in [0.1, 0.15) is 12.5 Å². The molecule has 0 aliphatic heterocycles. The van der Waals surface area contributed by atoms with Crippen molar-refractivity contribution < 1.29 is 8.78 Å². The third-order valence-corrected chi connectivity index (χ3v) is 2.15. The van der Waals surface area contributed by atoms with Crippen molar-refractivity contribution in [1.29, 1.82) is 0 Å². The van der Waals surface area contributed by atoms with Crippen molar-refractivity contribution in [3.05, 3.63) is 34.1 Å². The summed E-state index contributed by atoms with van der Waals surface area (Å²) in [5, 5.41) is 0. The van der Waals surface area contributed by atoms with Crippen LogP contribution in [0.4, 0.5) is 8.78 Å². The second-order valence-corrected chi connectivity index (χ2v) is 3.29. The molecule has 1 aromatic rings. The van der Waals surface area contributed by atoms with Gasteiger partial charge in [0.2, 0.25) is 0 Å². The largest absolute Gasteiger partial charge is 0.322 e. The number of benzene rings is 1. The van der Waals surface area contributed by atoms with Crippen LogP contribution < -0.4 is 5.73 Å². The maximum Gasteiger partial charge on any atom is 0.137 e. The minimum absolute atomic E-state index is 0.309. The Hall–Kier alpha value is -0.480. The normalized spacial score (nSPS) is 13.0. The summed E-state index contributed by atoms with van der Waals surface area (Å²) in [6, 6.07) is 3.56. The van der Waals surface area contributed by atoms with E-state index in [9.17, 15) is 8.78 Å². The Kier molecular flexibility index (Phi) is 3.17. The Balaban J connectivity index is 2.96. The third-order valence-electron chi connectivity index (χ3n) is 1.54. The van der Waals surface area contributed by atoms with Gasteiger partial charge < -0.3 is 5.73 Å². The maximum absolute atomic E-state index is 12.7. The van der Waals surface area contributed by atoms with E-state index in [0.29, 0.717) is 10.0 Å². The molecule has 0 aliphatic carbocycles. The topological polar surface area (TPSA) is 26.0 Å². The average Bonchev–Trinajstić information content (AvgIpc) is 2.08. The van der Waals surface area contributed by atoms with Crippen molar-refractivity contribution in [2.75, 3.05) is 6.67 Å². The lowest BCUT2D eigenvalue weighted by Crippen LogP contribution is -2.12. The second kappa shape index (κ2) is 3.96. The highest BCUT2D eigenvalue weighted by Gasteiger charge is 2.07. The molecule has 1 rings (SSSR count). The van der Waals surface area contributed by atoms with Gasteiger partial charge in [0, 0.05) is 0 Å². The minimum Gasteiger partial charge on any atom is -0.322 e. The van der Waals surface area contributed by atoms with E-state index in [1.807, 2.05) is 0 Å². The molecule has 12 heavy (non-hydrogen) atoms. The lowest BCUT2D eigenvalue weighted by Gasteiger charge is -2.07. The zero-order chi connectivity index (χ0) is 9.14. The lowest BCUT2D eigenvalue weighted by atomic mass is 10.1. The molecule has 2 N–H and O–H groups in total. The molecule has 1 nitrogen and oxygen atoms in total. The van der Waals surface area contributed by atoms with E-state index in [4.69, 9.17) is 5.73 Å². The summed E-state index contributed by atoms with van der Waals surface area (Å²) in [4.78, 5) is 0. The van der Waals surface area contributed by atoms with Gasteiger partial charge >= 0.3 is 0 Å². The molecule has 66 valence electrons. The van der Waals surface area contributed by atoms with Crippen LogP contribution in [0.15, 0.2) is 22.7 Å². The van der Waals surface area contributed by atoms with Gasteiger partial charge in [-0.05, 0) is 33.6 Å². The molecule has 1 unspecified atom stereocenters. The fourth-order valence-electron chi connectivity index (χ4n) is 0.832. The van der Waals surface area contributed by atoms with Crippen molar-refractivity contribution in [1.82, 2.24) is 0 Å². The summed E-state index contributed by atoms with van der Waals surface area (Å²) < 4.78 is 25.1. The van der Waals surface area contributed by atoms with Crippen LogP contribution >= 0.6 is 15.9 Å². The summed E-state index contributed by atoms with van der Waals surface area (Å²) in [6.07, 6.45) is 0. The Labute approximate surface area is 77.7 Å². The maximum atomic E-state index is 12.7. The molecule has 0 heterocycles. The first-order valence-electron chi connectivity index (χ1n) is 3.41. The molecule has 1 aromatic carbocycles. The monoisotopic (exact) mass is 235 g/mol. The van der Waals surface area contributed by atoms with Crippen molar-refractivity contribution in [2.45, 2.75) is 6.04 Å². The molecule has 0 radical (unpaired) electrons. The first-order valence-corrected chi connectivity index (χ1v) is 4.21. The highest BCUT2D eigenvalue weighted by molar-refractivity contribution is 9.10. The Morgan fingerprint density at radius 3 is 2.67 bits per heavy atom. The quantitative estimate of drug-likeness (QED) is 0.838. The molecule has 0 bridgehead atoms. The predicted molar refractivity (Wildman–Crippen MR) is 47.0 cm³/mol. The Morgan fingerprint density at radius 2 is 2.17 bits per heavy atom. The molecular weight excluding hydrogens is 228 g/mol. The molecule has 1 atom stereocenters. The molecule has 0 saturated carbocycles. The highest BCUT2D eigenvalue weighted by Crippen LogP contribution is 2.20. The summed E-state index contributed by atoms with van der Waals surface area (Å²) in [5.41, 5.74) is 5.98. The molecule has 4 heteroatoms. The van der Waals surface area contributed by atoms with Crippen LogP contribution in [0, 0.1) is 5.82 Å². The third kappa shape index (κ3) is 2.01. The smallest absolute Gasteiger partial charge is 0.137 e. The van der Waals surface area contributed by atoms with Gasteiger partial charge in [0.25, 0.3) is 0 Å². The number of hydrogen-bond acceptors (Lipinski definition) is 1. The number of nitrogens with two attached hydrogens (primary N) is 1. The first kappa shape index (κ1) is 9.61. The molecular formula is C8H8BrF2N. The van der Waals surface area contributed by atoms with Crippen LogP contribution in [0.5, 0.6) is 0 Å². The van der Waals surface area contributed by atoms with E-state index in [1.165, 1.54) is 18.2 Å². The molecule has 0 fully saturated rings. The predicted octanol–water partition coefficient (Wildman–Crippen LogP) is 2.56. The fourth-order valence-corrected chi connectivity index (χ4v) is 1.23. The van der Waals surface area contributed by atoms with E-state index in [2.05, 4.69) is 15.9 Å². The lowest BCUT2D eigenvalue weighted by molar-refractivity contribution is 0.436. The van der Waals surface area contributed by atoms with E-state index in [-0.39, 0.29) is 5.82 Å². The second-order valence-electron chi connectivity index (χ2n) is 2.43. The van der Waals surface area contributed by atoms with Crippen molar-refractivity contribution >= 4 is 15.9 Å². The van der Waals surface area contributed by atoms with Crippen molar-refractivity contribution in [3.8, 4) is 0 Å². The first-order chi connectivity index (χ1) is 5.65. The zero-order valence-corrected chi connectivity index (χ0v) is 7.81. The van der Waals surface area contributed by atoms with Gasteiger partial charge in [0.15, 0.2) is 0 Å². The average molecular weight is 236 g/mol. The van der Waals surface area contributed by atoms with Crippen LogP contribution in [0.2, 0.25) is 0 Å². The Bertz CT molecular complexity index is 278. The van der Waals surface area contributed by atoms with Crippen LogP contribution in [-0.4, -0.2) is 6.67 Å². The van der Waals surface area contributed by atoms with Gasteiger partial charge in [-0.15, -0.1) is 0 Å². The van der Waals surface area contributed by atoms with Crippen LogP contribution in [0.25, 0.3) is 0 Å². The van der Waals surface area contributed by atoms with E-state index >= 15 is 0 Å². The summed E-state index contributed by atoms with van der Waals surface area (Å²) >= 11 is 2.99. The van der Waals surface area contributed by atoms with Crippen molar-refractivity contribution in [3.63, 3.8) is 0 Å². The van der Waals surface area contributed by atoms with E-state index < -0.39 is 12.7 Å². The molecule has 0 saturated heterocycles. The summed E-state index contributed by atoms with van der Waals surface area (Å²) in [5.74, 6) is -0.371. The van der Waals surface area contributed by atoms with Crippen molar-refractivity contribution in [2.24, 2.45) is 5.73 Å². The van der Waals surface area contributed by atoms with Crippen LogP contribution in [0.1, 0.15) is 11.6 Å². The molecule has 0 amide bonds. The SMILES string of the molecule is NC(CF)c1ccc(F)c(Br)c1. The fraction of sp³-hybridized carbons (Fsp3) is 0.250. The number of alkyl halides is 1. The zero-order valence-electron chi connectivity index (χ0n) is 6.23. The van der Waals surface area contributed by atoms with Gasteiger partial charge in [0.05, 0.1) is 10.5 Å². The van der Waals surface area contributed by atoms with E-state index in [1.54, 1.807) is 0 Å². The summed E-state index contributed by atoms with van der Waals surface area (Å²) in [7, 11) is 0.